The molecule has 0 bridgehead atoms. The molecule has 0 aliphatic heterocycles. The van der Waals surface area contributed by atoms with Gasteiger partial charge < -0.3 is 14.2 Å². The van der Waals surface area contributed by atoms with E-state index in [2.05, 4.69) is 37.9 Å². The summed E-state index contributed by atoms with van der Waals surface area (Å²) in [6.07, 6.45) is -0.864. The van der Waals surface area contributed by atoms with Crippen LogP contribution in [-0.4, -0.2) is 54.5 Å². The van der Waals surface area contributed by atoms with Crippen LogP contribution in [0.3, 0.4) is 0 Å². The van der Waals surface area contributed by atoms with E-state index in [4.69, 9.17) is 14.2 Å². The summed E-state index contributed by atoms with van der Waals surface area (Å²) in [7, 11) is 0. The number of esters is 3. The van der Waals surface area contributed by atoms with Crippen LogP contribution in [0, 0.1) is 0 Å². The van der Waals surface area contributed by atoms with Gasteiger partial charge in [-0.2, -0.15) is 37.9 Å². The zero-order valence-electron chi connectivity index (χ0n) is 9.40. The first-order chi connectivity index (χ1) is 8.53. The third kappa shape index (κ3) is 8.54. The molecule has 0 N–H and O–H groups in total. The quantitative estimate of drug-likeness (QED) is 0.326. The average Bonchev–Trinajstić information content (AvgIpc) is 2.40. The maximum atomic E-state index is 11.0. The fourth-order valence-corrected chi connectivity index (χ4v) is 1.06. The van der Waals surface area contributed by atoms with Crippen molar-refractivity contribution in [3.63, 3.8) is 0 Å². The summed E-state index contributed by atoms with van der Waals surface area (Å²) in [6.45, 7) is -0.419. The van der Waals surface area contributed by atoms with Crippen molar-refractivity contribution in [3.8, 4) is 0 Å². The summed E-state index contributed by atoms with van der Waals surface area (Å²) in [5.41, 5.74) is 0. The van der Waals surface area contributed by atoms with E-state index in [-0.39, 0.29) is 30.5 Å². The van der Waals surface area contributed by atoms with E-state index in [0.29, 0.717) is 0 Å². The second kappa shape index (κ2) is 10.4. The SMILES string of the molecule is O=C(CS)OCC(COC(=O)CS)OC(=O)CS. The minimum absolute atomic E-state index is 0.0936. The van der Waals surface area contributed by atoms with Gasteiger partial charge in [0.05, 0.1) is 17.3 Å². The molecule has 0 spiro atoms. The van der Waals surface area contributed by atoms with Crippen molar-refractivity contribution in [2.75, 3.05) is 30.5 Å². The van der Waals surface area contributed by atoms with Gasteiger partial charge >= 0.3 is 17.9 Å². The Morgan fingerprint density at radius 3 is 1.50 bits per heavy atom. The molecule has 0 saturated carbocycles. The Morgan fingerprint density at radius 2 is 1.17 bits per heavy atom. The molecule has 0 radical (unpaired) electrons. The average molecular weight is 314 g/mol. The lowest BCUT2D eigenvalue weighted by Crippen LogP contribution is -2.31. The highest BCUT2D eigenvalue weighted by Crippen LogP contribution is 1.99. The lowest BCUT2D eigenvalue weighted by molar-refractivity contribution is -0.163. The zero-order valence-corrected chi connectivity index (χ0v) is 12.1. The van der Waals surface area contributed by atoms with Gasteiger partial charge in [0.25, 0.3) is 0 Å². The van der Waals surface area contributed by atoms with Crippen LogP contribution in [0.1, 0.15) is 0 Å². The van der Waals surface area contributed by atoms with Crippen molar-refractivity contribution in [3.05, 3.63) is 0 Å². The highest BCUT2D eigenvalue weighted by molar-refractivity contribution is 7.81. The fraction of sp³-hybridized carbons (Fsp3) is 0.667. The molecule has 6 nitrogen and oxygen atoms in total. The molecule has 0 aromatic rings. The van der Waals surface area contributed by atoms with E-state index in [0.717, 1.165) is 0 Å². The third-order valence-electron chi connectivity index (χ3n) is 1.55. The molecule has 0 aliphatic carbocycles. The van der Waals surface area contributed by atoms with Gasteiger partial charge in [0.2, 0.25) is 0 Å². The van der Waals surface area contributed by atoms with Crippen LogP contribution in [0.2, 0.25) is 0 Å². The number of carbonyl (C=O) groups excluding carboxylic acids is 3. The fourth-order valence-electron chi connectivity index (χ4n) is 0.802. The van der Waals surface area contributed by atoms with Gasteiger partial charge in [-0.15, -0.1) is 0 Å². The minimum atomic E-state index is -0.864. The second-order valence-corrected chi connectivity index (χ2v) is 3.90. The Hall–Kier alpha value is -0.540. The predicted octanol–water partition coefficient (Wildman–Crippen LogP) is -0.226. The Balaban J connectivity index is 4.19. The van der Waals surface area contributed by atoms with Crippen molar-refractivity contribution in [2.45, 2.75) is 6.10 Å². The Morgan fingerprint density at radius 1 is 0.778 bits per heavy atom. The molecule has 0 rings (SSSR count). The molecule has 18 heavy (non-hydrogen) atoms. The molecule has 0 unspecified atom stereocenters. The van der Waals surface area contributed by atoms with Crippen molar-refractivity contribution in [2.24, 2.45) is 0 Å². The maximum Gasteiger partial charge on any atom is 0.316 e. The zero-order chi connectivity index (χ0) is 14.0. The largest absolute Gasteiger partial charge is 0.461 e. The Kier molecular flexibility index (Phi) is 10.1. The summed E-state index contributed by atoms with van der Waals surface area (Å²) in [5.74, 6) is -2.05. The first kappa shape index (κ1) is 17.5. The predicted molar refractivity (Wildman–Crippen MR) is 73.4 cm³/mol. The molecule has 104 valence electrons. The first-order valence-electron chi connectivity index (χ1n) is 4.86. The lowest BCUT2D eigenvalue weighted by atomic mass is 10.4. The molecule has 0 amide bonds. The molecule has 0 fully saturated rings. The molecule has 0 aliphatic rings. The smallest absolute Gasteiger partial charge is 0.316 e. The number of carbonyl (C=O) groups is 3. The van der Waals surface area contributed by atoms with Crippen molar-refractivity contribution < 1.29 is 28.6 Å². The van der Waals surface area contributed by atoms with E-state index in [1.54, 1.807) is 0 Å². The van der Waals surface area contributed by atoms with Crippen LogP contribution in [-0.2, 0) is 28.6 Å². The van der Waals surface area contributed by atoms with E-state index < -0.39 is 24.0 Å². The second-order valence-electron chi connectivity index (χ2n) is 2.95. The van der Waals surface area contributed by atoms with Gasteiger partial charge in [-0.25, -0.2) is 0 Å². The molecule has 0 aromatic carbocycles. The van der Waals surface area contributed by atoms with Crippen molar-refractivity contribution >= 4 is 55.8 Å². The third-order valence-corrected chi connectivity index (χ3v) is 2.32. The van der Waals surface area contributed by atoms with E-state index in [1.807, 2.05) is 0 Å². The van der Waals surface area contributed by atoms with Gasteiger partial charge in [-0.3, -0.25) is 14.4 Å². The number of thiol groups is 3. The topological polar surface area (TPSA) is 78.9 Å². The van der Waals surface area contributed by atoms with Crippen LogP contribution in [0.5, 0.6) is 0 Å². The van der Waals surface area contributed by atoms with Gasteiger partial charge in [0.1, 0.15) is 13.2 Å². The summed E-state index contributed by atoms with van der Waals surface area (Å²) in [5, 5.41) is 0. The van der Waals surface area contributed by atoms with Gasteiger partial charge in [-0.05, 0) is 0 Å². The number of ether oxygens (including phenoxy) is 3. The molecular weight excluding hydrogens is 300 g/mol. The molecule has 9 heteroatoms. The van der Waals surface area contributed by atoms with Crippen LogP contribution < -0.4 is 0 Å². The van der Waals surface area contributed by atoms with Crippen LogP contribution in [0.4, 0.5) is 0 Å². The maximum absolute atomic E-state index is 11.0. The number of rotatable bonds is 8. The van der Waals surface area contributed by atoms with Crippen molar-refractivity contribution in [1.29, 1.82) is 0 Å². The Labute approximate surface area is 121 Å². The standard InChI is InChI=1S/C9H14O6S3/c10-7(3-16)13-1-6(15-9(12)5-18)2-14-8(11)4-17/h6,16-18H,1-5H2. The van der Waals surface area contributed by atoms with E-state index in [9.17, 15) is 14.4 Å². The minimum Gasteiger partial charge on any atom is -0.461 e. The summed E-state index contributed by atoms with van der Waals surface area (Å²) >= 11 is 11.2. The van der Waals surface area contributed by atoms with Crippen LogP contribution >= 0.6 is 37.9 Å². The van der Waals surface area contributed by atoms with Gasteiger partial charge in [0, 0.05) is 0 Å². The molecular formula is C9H14O6S3. The van der Waals surface area contributed by atoms with E-state index in [1.165, 1.54) is 0 Å². The molecule has 0 heterocycles. The highest BCUT2D eigenvalue weighted by atomic mass is 32.1. The van der Waals surface area contributed by atoms with Gasteiger partial charge in [-0.1, -0.05) is 0 Å². The number of hydrogen-bond acceptors (Lipinski definition) is 9. The molecule has 0 atom stereocenters. The summed E-state index contributed by atoms with van der Waals surface area (Å²) in [6, 6.07) is 0. The van der Waals surface area contributed by atoms with Crippen LogP contribution in [0.15, 0.2) is 0 Å². The summed E-state index contributed by atoms with van der Waals surface area (Å²) < 4.78 is 14.3. The summed E-state index contributed by atoms with van der Waals surface area (Å²) in [4.78, 5) is 32.8. The molecule has 0 saturated heterocycles. The van der Waals surface area contributed by atoms with E-state index >= 15 is 0 Å². The van der Waals surface area contributed by atoms with Crippen molar-refractivity contribution in [1.82, 2.24) is 0 Å². The normalized spacial score (nSPS) is 10.0. The monoisotopic (exact) mass is 314 g/mol. The van der Waals surface area contributed by atoms with Crippen LogP contribution in [0.25, 0.3) is 0 Å². The molecule has 0 aromatic heterocycles. The number of hydrogen-bond donors (Lipinski definition) is 3. The van der Waals surface area contributed by atoms with Gasteiger partial charge in [0.15, 0.2) is 6.10 Å². The highest BCUT2D eigenvalue weighted by Gasteiger charge is 2.18. The lowest BCUT2D eigenvalue weighted by Gasteiger charge is -2.17. The Bertz CT molecular complexity index is 276. The first-order valence-corrected chi connectivity index (χ1v) is 6.76.